The van der Waals surface area contributed by atoms with Crippen molar-refractivity contribution >= 4 is 23.1 Å². The van der Waals surface area contributed by atoms with E-state index in [2.05, 4.69) is 4.98 Å². The summed E-state index contributed by atoms with van der Waals surface area (Å²) in [5.74, 6) is 0.943. The number of hydrogen-bond donors (Lipinski definition) is 1. The fourth-order valence-corrected chi connectivity index (χ4v) is 4.19. The van der Waals surface area contributed by atoms with Crippen molar-refractivity contribution < 1.29 is 18.3 Å². The molecule has 2 nitrogen and oxygen atoms in total. The third kappa shape index (κ3) is 2.61. The number of aliphatic hydroxyl groups is 1. The smallest absolute Gasteiger partial charge is 0.386 e. The van der Waals surface area contributed by atoms with E-state index in [-0.39, 0.29) is 4.75 Å². The van der Waals surface area contributed by atoms with Gasteiger partial charge in [0.25, 0.3) is 0 Å². The Hall–Kier alpha value is -0.270. The molecule has 2 rings (SSSR count). The van der Waals surface area contributed by atoms with Gasteiger partial charge in [-0.25, -0.2) is 4.98 Å². The van der Waals surface area contributed by atoms with E-state index in [1.165, 1.54) is 0 Å². The van der Waals surface area contributed by atoms with E-state index < -0.39 is 17.3 Å². The molecule has 2 heterocycles. The maximum Gasteiger partial charge on any atom is 0.443 e. The average molecular weight is 283 g/mol. The molecule has 1 aromatic heterocycles. The Kier molecular flexibility index (Phi) is 3.44. The quantitative estimate of drug-likeness (QED) is 0.902. The van der Waals surface area contributed by atoms with Gasteiger partial charge >= 0.3 is 6.18 Å². The number of rotatable bonds is 2. The molecule has 0 saturated carbocycles. The lowest BCUT2D eigenvalue weighted by Gasteiger charge is -2.27. The maximum atomic E-state index is 12.4. The molecular formula is C10H12F3NOS2. The molecule has 7 heteroatoms. The minimum Gasteiger partial charge on any atom is -0.386 e. The Balaban J connectivity index is 2.20. The van der Waals surface area contributed by atoms with Crippen molar-refractivity contribution in [1.82, 2.24) is 4.98 Å². The summed E-state index contributed by atoms with van der Waals surface area (Å²) in [6.07, 6.45) is -2.35. The van der Waals surface area contributed by atoms with Crippen molar-refractivity contribution in [2.75, 3.05) is 5.75 Å². The van der Waals surface area contributed by atoms with Crippen molar-refractivity contribution in [2.45, 2.75) is 36.8 Å². The SMILES string of the molecule is CC1(C(O)c2cnc(C(F)(F)F)s2)CCCS1. The molecule has 0 radical (unpaired) electrons. The molecule has 0 bridgehead atoms. The van der Waals surface area contributed by atoms with Crippen LogP contribution in [0.3, 0.4) is 0 Å². The van der Waals surface area contributed by atoms with Gasteiger partial charge in [0.15, 0.2) is 5.01 Å². The summed E-state index contributed by atoms with van der Waals surface area (Å²) in [4.78, 5) is 3.64. The summed E-state index contributed by atoms with van der Waals surface area (Å²) in [7, 11) is 0. The highest BCUT2D eigenvalue weighted by molar-refractivity contribution is 8.00. The number of thioether (sulfide) groups is 1. The Bertz CT molecular complexity index is 399. The summed E-state index contributed by atoms with van der Waals surface area (Å²) >= 11 is 2.15. The van der Waals surface area contributed by atoms with Crippen molar-refractivity contribution in [3.8, 4) is 0 Å². The van der Waals surface area contributed by atoms with Gasteiger partial charge in [-0.15, -0.1) is 11.3 Å². The standard InChI is InChI=1S/C10H12F3NOS2/c1-9(3-2-4-16-9)7(15)6-5-14-8(17-6)10(11,12)13/h5,7,15H,2-4H2,1H3. The van der Waals surface area contributed by atoms with Crippen LogP contribution in [0.1, 0.15) is 35.8 Å². The van der Waals surface area contributed by atoms with E-state index in [4.69, 9.17) is 0 Å². The lowest BCUT2D eigenvalue weighted by molar-refractivity contribution is -0.137. The van der Waals surface area contributed by atoms with Gasteiger partial charge in [-0.1, -0.05) is 0 Å². The molecule has 2 atom stereocenters. The summed E-state index contributed by atoms with van der Waals surface area (Å²) < 4.78 is 36.8. The van der Waals surface area contributed by atoms with Crippen molar-refractivity contribution in [2.24, 2.45) is 0 Å². The molecule has 1 fully saturated rings. The summed E-state index contributed by atoms with van der Waals surface area (Å²) in [5.41, 5.74) is 0. The highest BCUT2D eigenvalue weighted by Crippen LogP contribution is 2.48. The van der Waals surface area contributed by atoms with Gasteiger partial charge in [0, 0.05) is 10.9 Å². The van der Waals surface area contributed by atoms with Crippen LogP contribution in [0.5, 0.6) is 0 Å². The normalized spacial score (nSPS) is 27.4. The van der Waals surface area contributed by atoms with E-state index in [1.54, 1.807) is 11.8 Å². The predicted octanol–water partition coefficient (Wildman–Crippen LogP) is 3.48. The van der Waals surface area contributed by atoms with E-state index in [0.717, 1.165) is 24.8 Å². The van der Waals surface area contributed by atoms with Crippen LogP contribution in [0.2, 0.25) is 0 Å². The topological polar surface area (TPSA) is 33.1 Å². The lowest BCUT2D eigenvalue weighted by Crippen LogP contribution is -2.25. The summed E-state index contributed by atoms with van der Waals surface area (Å²) in [5, 5.41) is 9.25. The minimum atomic E-state index is -4.42. The monoisotopic (exact) mass is 283 g/mol. The number of hydrogen-bond acceptors (Lipinski definition) is 4. The minimum absolute atomic E-state index is 0.300. The van der Waals surface area contributed by atoms with Crippen molar-refractivity contribution in [1.29, 1.82) is 0 Å². The van der Waals surface area contributed by atoms with E-state index in [1.807, 2.05) is 6.92 Å². The first-order chi connectivity index (χ1) is 7.83. The van der Waals surface area contributed by atoms with Crippen LogP contribution in [0.25, 0.3) is 0 Å². The molecule has 96 valence electrons. The Morgan fingerprint density at radius 3 is 2.71 bits per heavy atom. The molecule has 2 unspecified atom stereocenters. The first kappa shape index (κ1) is 13.2. The second-order valence-corrected chi connectivity index (χ2v) is 6.92. The zero-order valence-corrected chi connectivity index (χ0v) is 10.8. The highest BCUT2D eigenvalue weighted by atomic mass is 32.2. The van der Waals surface area contributed by atoms with Crippen LogP contribution in [0.15, 0.2) is 6.20 Å². The fourth-order valence-electron chi connectivity index (χ4n) is 1.86. The molecule has 1 aliphatic rings. The van der Waals surface area contributed by atoms with Crippen LogP contribution >= 0.6 is 23.1 Å². The third-order valence-corrected chi connectivity index (χ3v) is 5.54. The number of aromatic nitrogens is 1. The molecule has 1 saturated heterocycles. The van der Waals surface area contributed by atoms with Crippen molar-refractivity contribution in [3.63, 3.8) is 0 Å². The fraction of sp³-hybridized carbons (Fsp3) is 0.700. The second kappa shape index (κ2) is 4.44. The molecule has 0 spiro atoms. The predicted molar refractivity (Wildman–Crippen MR) is 62.2 cm³/mol. The lowest BCUT2D eigenvalue weighted by atomic mass is 9.98. The number of aliphatic hydroxyl groups excluding tert-OH is 1. The van der Waals surface area contributed by atoms with E-state index in [9.17, 15) is 18.3 Å². The Morgan fingerprint density at radius 1 is 1.53 bits per heavy atom. The van der Waals surface area contributed by atoms with Crippen molar-refractivity contribution in [3.05, 3.63) is 16.1 Å². The van der Waals surface area contributed by atoms with Crippen LogP contribution < -0.4 is 0 Å². The highest BCUT2D eigenvalue weighted by Gasteiger charge is 2.41. The van der Waals surface area contributed by atoms with Gasteiger partial charge in [-0.3, -0.25) is 0 Å². The molecule has 0 aliphatic carbocycles. The molecular weight excluding hydrogens is 271 g/mol. The van der Waals surface area contributed by atoms with Gasteiger partial charge in [0.05, 0.1) is 4.88 Å². The van der Waals surface area contributed by atoms with E-state index in [0.29, 0.717) is 16.2 Å². The molecule has 1 aliphatic heterocycles. The number of thiazole rings is 1. The van der Waals surface area contributed by atoms with Gasteiger partial charge in [0.2, 0.25) is 0 Å². The number of nitrogens with zero attached hydrogens (tertiary/aromatic N) is 1. The zero-order chi connectivity index (χ0) is 12.7. The van der Waals surface area contributed by atoms with E-state index >= 15 is 0 Å². The molecule has 1 N–H and O–H groups in total. The first-order valence-electron chi connectivity index (χ1n) is 5.18. The van der Waals surface area contributed by atoms with Crippen LogP contribution in [-0.2, 0) is 6.18 Å². The van der Waals surface area contributed by atoms with Crippen LogP contribution in [-0.4, -0.2) is 20.6 Å². The largest absolute Gasteiger partial charge is 0.443 e. The Morgan fingerprint density at radius 2 is 2.24 bits per heavy atom. The first-order valence-corrected chi connectivity index (χ1v) is 6.98. The van der Waals surface area contributed by atoms with Gasteiger partial charge in [0.1, 0.15) is 6.10 Å². The third-order valence-electron chi connectivity index (χ3n) is 2.86. The number of halogens is 3. The Labute approximate surface area is 105 Å². The van der Waals surface area contributed by atoms with Gasteiger partial charge < -0.3 is 5.11 Å². The maximum absolute atomic E-state index is 12.4. The second-order valence-electron chi connectivity index (χ2n) is 4.23. The number of alkyl halides is 3. The van der Waals surface area contributed by atoms with Crippen LogP contribution in [0.4, 0.5) is 13.2 Å². The molecule has 0 aromatic carbocycles. The molecule has 17 heavy (non-hydrogen) atoms. The molecule has 0 amide bonds. The van der Waals surface area contributed by atoms with Crippen LogP contribution in [0, 0.1) is 0 Å². The zero-order valence-electron chi connectivity index (χ0n) is 9.12. The molecule has 1 aromatic rings. The van der Waals surface area contributed by atoms with Gasteiger partial charge in [-0.05, 0) is 25.5 Å². The summed E-state index contributed by atoms with van der Waals surface area (Å²) in [6, 6.07) is 0. The summed E-state index contributed by atoms with van der Waals surface area (Å²) in [6.45, 7) is 1.89. The van der Waals surface area contributed by atoms with Gasteiger partial charge in [-0.2, -0.15) is 24.9 Å². The average Bonchev–Trinajstić information content (AvgIpc) is 2.84.